The maximum absolute atomic E-state index is 9.92. The van der Waals surface area contributed by atoms with Crippen molar-refractivity contribution in [3.8, 4) is 11.9 Å². The smallest absolute Gasteiger partial charge is 0.219 e. The Bertz CT molecular complexity index is 882. The third-order valence-electron chi connectivity index (χ3n) is 5.18. The van der Waals surface area contributed by atoms with Crippen molar-refractivity contribution in [2.75, 3.05) is 29.5 Å². The standard InChI is InChI=1S/C18H22N6O/c1-2-10-8-11-13-12(9-19)17(24-6-4-3-5-7-24)22-15(20)14(13)16(21)23-18(11)25-10/h10H,2-8H2,1H3,(H2,20,22)(H2,21,23)/t10-/m0/s1. The van der Waals surface area contributed by atoms with Crippen molar-refractivity contribution < 1.29 is 4.74 Å². The Kier molecular flexibility index (Phi) is 3.75. The van der Waals surface area contributed by atoms with Crippen molar-refractivity contribution in [1.82, 2.24) is 9.97 Å². The first-order chi connectivity index (χ1) is 12.1. The zero-order valence-electron chi connectivity index (χ0n) is 14.4. The highest BCUT2D eigenvalue weighted by molar-refractivity contribution is 6.06. The topological polar surface area (TPSA) is 114 Å². The Hall–Kier alpha value is -2.75. The fourth-order valence-corrected chi connectivity index (χ4v) is 3.87. The maximum atomic E-state index is 9.92. The van der Waals surface area contributed by atoms with Gasteiger partial charge in [-0.05, 0) is 25.7 Å². The molecule has 0 saturated carbocycles. The van der Waals surface area contributed by atoms with Gasteiger partial charge >= 0.3 is 0 Å². The number of hydrogen-bond acceptors (Lipinski definition) is 7. The molecular weight excluding hydrogens is 316 g/mol. The number of piperidine rings is 1. The molecule has 2 aliphatic rings. The van der Waals surface area contributed by atoms with Crippen LogP contribution in [-0.4, -0.2) is 29.2 Å². The van der Waals surface area contributed by atoms with Crippen LogP contribution >= 0.6 is 0 Å². The van der Waals surface area contributed by atoms with Gasteiger partial charge < -0.3 is 21.1 Å². The Morgan fingerprint density at radius 3 is 2.56 bits per heavy atom. The first-order valence-corrected chi connectivity index (χ1v) is 8.87. The van der Waals surface area contributed by atoms with Crippen molar-refractivity contribution in [3.05, 3.63) is 11.1 Å². The van der Waals surface area contributed by atoms with Crippen LogP contribution < -0.4 is 21.1 Å². The van der Waals surface area contributed by atoms with Gasteiger partial charge in [0.2, 0.25) is 5.88 Å². The molecule has 0 aromatic carbocycles. The SMILES string of the molecule is CC[C@H]1Cc2c(nc(N)c3c(N)nc(N4CCCCC4)c(C#N)c23)O1. The number of rotatable bonds is 2. The van der Waals surface area contributed by atoms with Crippen LogP contribution in [0.2, 0.25) is 0 Å². The number of anilines is 3. The molecule has 1 fully saturated rings. The van der Waals surface area contributed by atoms with E-state index >= 15 is 0 Å². The van der Waals surface area contributed by atoms with Gasteiger partial charge in [-0.15, -0.1) is 0 Å². The summed E-state index contributed by atoms with van der Waals surface area (Å²) in [5, 5.41) is 11.3. The highest BCUT2D eigenvalue weighted by Crippen LogP contribution is 2.42. The normalized spacial score (nSPS) is 19.5. The number of ether oxygens (including phenoxy) is 1. The molecule has 0 bridgehead atoms. The lowest BCUT2D eigenvalue weighted by Gasteiger charge is -2.29. The summed E-state index contributed by atoms with van der Waals surface area (Å²) < 4.78 is 5.89. The molecule has 2 aromatic heterocycles. The molecule has 2 aromatic rings. The van der Waals surface area contributed by atoms with Crippen LogP contribution in [-0.2, 0) is 6.42 Å². The summed E-state index contributed by atoms with van der Waals surface area (Å²) in [5.41, 5.74) is 13.8. The third-order valence-corrected chi connectivity index (χ3v) is 5.18. The van der Waals surface area contributed by atoms with Crippen molar-refractivity contribution in [2.45, 2.75) is 45.1 Å². The Morgan fingerprint density at radius 1 is 1.16 bits per heavy atom. The molecule has 4 N–H and O–H groups in total. The van der Waals surface area contributed by atoms with E-state index < -0.39 is 0 Å². The number of hydrogen-bond donors (Lipinski definition) is 2. The Balaban J connectivity index is 2.00. The first kappa shape index (κ1) is 15.8. The lowest BCUT2D eigenvalue weighted by atomic mass is 9.98. The van der Waals surface area contributed by atoms with E-state index in [0.717, 1.165) is 43.3 Å². The summed E-state index contributed by atoms with van der Waals surface area (Å²) in [7, 11) is 0. The molecule has 1 saturated heterocycles. The molecule has 0 amide bonds. The Labute approximate surface area is 146 Å². The second-order valence-electron chi connectivity index (χ2n) is 6.74. The van der Waals surface area contributed by atoms with Crippen LogP contribution in [0.4, 0.5) is 17.5 Å². The molecule has 0 spiro atoms. The van der Waals surface area contributed by atoms with Crippen LogP contribution in [0.1, 0.15) is 43.7 Å². The number of fused-ring (bicyclic) bond motifs is 3. The van der Waals surface area contributed by atoms with E-state index in [9.17, 15) is 5.26 Å². The molecule has 4 heterocycles. The molecule has 7 nitrogen and oxygen atoms in total. The third kappa shape index (κ3) is 2.40. The number of nitrogen functional groups attached to an aromatic ring is 2. The zero-order valence-corrected chi connectivity index (χ0v) is 14.4. The summed E-state index contributed by atoms with van der Waals surface area (Å²) in [5.74, 6) is 1.81. The van der Waals surface area contributed by atoms with Crippen LogP contribution in [0, 0.1) is 11.3 Å². The minimum Gasteiger partial charge on any atom is -0.474 e. The van der Waals surface area contributed by atoms with E-state index in [4.69, 9.17) is 16.2 Å². The van der Waals surface area contributed by atoms with E-state index in [1.807, 2.05) is 0 Å². The molecule has 1 atom stereocenters. The van der Waals surface area contributed by atoms with Crippen LogP contribution in [0.3, 0.4) is 0 Å². The second kappa shape index (κ2) is 5.96. The molecular formula is C18H22N6O. The van der Waals surface area contributed by atoms with Gasteiger partial charge in [-0.2, -0.15) is 10.2 Å². The number of aromatic nitrogens is 2. The quantitative estimate of drug-likeness (QED) is 0.864. The van der Waals surface area contributed by atoms with Crippen LogP contribution in [0.15, 0.2) is 0 Å². The van der Waals surface area contributed by atoms with Crippen molar-refractivity contribution in [3.63, 3.8) is 0 Å². The average Bonchev–Trinajstić information content (AvgIpc) is 3.05. The molecule has 7 heteroatoms. The fourth-order valence-electron chi connectivity index (χ4n) is 3.87. The van der Waals surface area contributed by atoms with E-state index in [2.05, 4.69) is 27.9 Å². The van der Waals surface area contributed by atoms with E-state index in [-0.39, 0.29) is 11.9 Å². The largest absolute Gasteiger partial charge is 0.474 e. The molecule has 0 radical (unpaired) electrons. The predicted octanol–water partition coefficient (Wildman–Crippen LogP) is 2.37. The van der Waals surface area contributed by atoms with Gasteiger partial charge in [0.15, 0.2) is 0 Å². The summed E-state index contributed by atoms with van der Waals surface area (Å²) in [4.78, 5) is 11.1. The first-order valence-electron chi connectivity index (χ1n) is 8.87. The summed E-state index contributed by atoms with van der Waals surface area (Å²) in [6.07, 6.45) is 5.06. The molecule has 2 aliphatic heterocycles. The van der Waals surface area contributed by atoms with E-state index in [0.29, 0.717) is 34.9 Å². The number of nitrogens with two attached hydrogens (primary N) is 2. The molecule has 0 aliphatic carbocycles. The van der Waals surface area contributed by atoms with Gasteiger partial charge in [-0.1, -0.05) is 6.92 Å². The van der Waals surface area contributed by atoms with Gasteiger partial charge in [0, 0.05) is 30.5 Å². The van der Waals surface area contributed by atoms with Gasteiger partial charge in [0.1, 0.15) is 35.2 Å². The predicted molar refractivity (Wildman–Crippen MR) is 97.6 cm³/mol. The van der Waals surface area contributed by atoms with Gasteiger partial charge in [-0.25, -0.2) is 4.98 Å². The summed E-state index contributed by atoms with van der Waals surface area (Å²) in [6.45, 7) is 3.86. The van der Waals surface area contributed by atoms with Crippen molar-refractivity contribution in [2.24, 2.45) is 0 Å². The van der Waals surface area contributed by atoms with Gasteiger partial charge in [-0.3, -0.25) is 0 Å². The molecule has 130 valence electrons. The number of pyridine rings is 2. The van der Waals surface area contributed by atoms with Crippen LogP contribution in [0.5, 0.6) is 5.88 Å². The van der Waals surface area contributed by atoms with Gasteiger partial charge in [0.25, 0.3) is 0 Å². The van der Waals surface area contributed by atoms with Crippen molar-refractivity contribution >= 4 is 28.2 Å². The number of nitriles is 1. The van der Waals surface area contributed by atoms with E-state index in [1.54, 1.807) is 0 Å². The maximum Gasteiger partial charge on any atom is 0.219 e. The zero-order chi connectivity index (χ0) is 17.6. The highest BCUT2D eigenvalue weighted by Gasteiger charge is 2.31. The minimum atomic E-state index is 0.0619. The molecule has 0 unspecified atom stereocenters. The molecule has 4 rings (SSSR count). The lowest BCUT2D eigenvalue weighted by molar-refractivity contribution is 0.221. The van der Waals surface area contributed by atoms with Crippen molar-refractivity contribution in [1.29, 1.82) is 5.26 Å². The lowest BCUT2D eigenvalue weighted by Crippen LogP contribution is -2.31. The second-order valence-corrected chi connectivity index (χ2v) is 6.74. The fraction of sp³-hybridized carbons (Fsp3) is 0.500. The molecule has 25 heavy (non-hydrogen) atoms. The summed E-state index contributed by atoms with van der Waals surface area (Å²) in [6, 6.07) is 2.35. The number of nitrogens with zero attached hydrogens (tertiary/aromatic N) is 4. The average molecular weight is 338 g/mol. The highest BCUT2D eigenvalue weighted by atomic mass is 16.5. The minimum absolute atomic E-state index is 0.0619. The van der Waals surface area contributed by atoms with Gasteiger partial charge in [0.05, 0.1) is 5.39 Å². The summed E-state index contributed by atoms with van der Waals surface area (Å²) >= 11 is 0. The monoisotopic (exact) mass is 338 g/mol. The van der Waals surface area contributed by atoms with Crippen LogP contribution in [0.25, 0.3) is 10.8 Å². The Morgan fingerprint density at radius 2 is 1.88 bits per heavy atom. The van der Waals surface area contributed by atoms with E-state index in [1.165, 1.54) is 6.42 Å².